The summed E-state index contributed by atoms with van der Waals surface area (Å²) in [7, 11) is 0. The van der Waals surface area contributed by atoms with Crippen LogP contribution in [0.3, 0.4) is 0 Å². The topological polar surface area (TPSA) is 72.4 Å². The van der Waals surface area contributed by atoms with E-state index in [0.29, 0.717) is 13.0 Å². The van der Waals surface area contributed by atoms with E-state index in [1.165, 1.54) is 0 Å². The molecule has 0 bridgehead atoms. The Bertz CT molecular complexity index is 706. The van der Waals surface area contributed by atoms with Crippen LogP contribution < -0.4 is 10.6 Å². The third kappa shape index (κ3) is 2.47. The predicted molar refractivity (Wildman–Crippen MR) is 84.6 cm³/mol. The molecule has 1 aliphatic rings. The zero-order valence-electron chi connectivity index (χ0n) is 13.2. The van der Waals surface area contributed by atoms with Gasteiger partial charge in [-0.3, -0.25) is 4.79 Å². The molecule has 116 valence electrons. The van der Waals surface area contributed by atoms with Crippen molar-refractivity contribution in [3.8, 4) is 0 Å². The molecule has 1 aromatic carbocycles. The molecule has 0 saturated heterocycles. The van der Waals surface area contributed by atoms with Crippen LogP contribution in [0.4, 0.5) is 5.69 Å². The van der Waals surface area contributed by atoms with E-state index in [4.69, 9.17) is 10.2 Å². The molecule has 2 heterocycles. The van der Waals surface area contributed by atoms with Crippen molar-refractivity contribution in [1.82, 2.24) is 4.98 Å². The highest BCUT2D eigenvalue weighted by atomic mass is 16.4. The average Bonchev–Trinajstić information content (AvgIpc) is 3.02. The van der Waals surface area contributed by atoms with Gasteiger partial charge in [-0.05, 0) is 18.6 Å². The number of hydrogen-bond donors (Lipinski definition) is 1. The minimum absolute atomic E-state index is 0.241. The summed E-state index contributed by atoms with van der Waals surface area (Å²) in [6.45, 7) is 6.54. The number of primary amides is 1. The second-order valence-electron chi connectivity index (χ2n) is 6.09. The van der Waals surface area contributed by atoms with Crippen molar-refractivity contribution < 1.29 is 9.21 Å². The Labute approximate surface area is 130 Å². The number of aromatic nitrogens is 1. The number of nitrogens with two attached hydrogens (primary N) is 1. The highest BCUT2D eigenvalue weighted by Gasteiger charge is 2.34. The summed E-state index contributed by atoms with van der Waals surface area (Å²) in [5.74, 6) is 1.46. The molecule has 0 aliphatic carbocycles. The molecule has 2 aromatic rings. The molecule has 0 saturated carbocycles. The molecule has 0 spiro atoms. The maximum atomic E-state index is 11.8. The van der Waals surface area contributed by atoms with E-state index in [9.17, 15) is 4.79 Å². The SMILES string of the molecule is Cc1nc(C(C)C)oc1CN1c2ccccc2C[C@H]1C(N)=O. The molecule has 0 fully saturated rings. The van der Waals surface area contributed by atoms with Crippen LogP contribution in [-0.2, 0) is 17.8 Å². The summed E-state index contributed by atoms with van der Waals surface area (Å²) in [5, 5.41) is 0. The average molecular weight is 299 g/mol. The van der Waals surface area contributed by atoms with Crippen molar-refractivity contribution in [2.75, 3.05) is 4.90 Å². The number of carbonyl (C=O) groups excluding carboxylic acids is 1. The van der Waals surface area contributed by atoms with Crippen molar-refractivity contribution in [3.63, 3.8) is 0 Å². The first kappa shape index (κ1) is 14.6. The molecule has 1 aromatic heterocycles. The maximum Gasteiger partial charge on any atom is 0.240 e. The van der Waals surface area contributed by atoms with Crippen LogP contribution in [0.2, 0.25) is 0 Å². The molecule has 1 amide bonds. The van der Waals surface area contributed by atoms with E-state index in [1.54, 1.807) is 0 Å². The second-order valence-corrected chi connectivity index (χ2v) is 6.09. The lowest BCUT2D eigenvalue weighted by molar-refractivity contribution is -0.119. The fourth-order valence-electron chi connectivity index (χ4n) is 2.90. The molecule has 1 atom stereocenters. The fourth-order valence-corrected chi connectivity index (χ4v) is 2.90. The summed E-state index contributed by atoms with van der Waals surface area (Å²) in [6, 6.07) is 7.69. The molecule has 22 heavy (non-hydrogen) atoms. The van der Waals surface area contributed by atoms with Gasteiger partial charge in [-0.1, -0.05) is 32.0 Å². The zero-order valence-corrected chi connectivity index (χ0v) is 13.2. The quantitative estimate of drug-likeness (QED) is 0.941. The Morgan fingerprint density at radius 2 is 2.18 bits per heavy atom. The van der Waals surface area contributed by atoms with Crippen LogP contribution in [0.15, 0.2) is 28.7 Å². The normalized spacial score (nSPS) is 17.1. The van der Waals surface area contributed by atoms with Gasteiger partial charge in [0.05, 0.1) is 12.2 Å². The first-order valence-electron chi connectivity index (χ1n) is 7.57. The van der Waals surface area contributed by atoms with Crippen molar-refractivity contribution in [1.29, 1.82) is 0 Å². The Kier molecular flexibility index (Phi) is 3.64. The summed E-state index contributed by atoms with van der Waals surface area (Å²) in [5.41, 5.74) is 8.65. The van der Waals surface area contributed by atoms with Gasteiger partial charge < -0.3 is 15.1 Å². The largest absolute Gasteiger partial charge is 0.443 e. The van der Waals surface area contributed by atoms with E-state index >= 15 is 0 Å². The molecule has 5 nitrogen and oxygen atoms in total. The van der Waals surface area contributed by atoms with Gasteiger partial charge in [-0.2, -0.15) is 0 Å². The Hall–Kier alpha value is -2.30. The van der Waals surface area contributed by atoms with Crippen LogP contribution in [0.5, 0.6) is 0 Å². The van der Waals surface area contributed by atoms with Gasteiger partial charge in [0.2, 0.25) is 5.91 Å². The van der Waals surface area contributed by atoms with Crippen LogP contribution >= 0.6 is 0 Å². The van der Waals surface area contributed by atoms with Gasteiger partial charge in [0.15, 0.2) is 5.89 Å². The lowest BCUT2D eigenvalue weighted by Gasteiger charge is -2.24. The Balaban J connectivity index is 1.94. The van der Waals surface area contributed by atoms with Crippen molar-refractivity contribution in [2.24, 2.45) is 5.73 Å². The lowest BCUT2D eigenvalue weighted by Crippen LogP contribution is -2.42. The molecule has 0 radical (unpaired) electrons. The summed E-state index contributed by atoms with van der Waals surface area (Å²) in [4.78, 5) is 18.3. The minimum Gasteiger partial charge on any atom is -0.443 e. The standard InChI is InChI=1S/C17H21N3O2/c1-10(2)17-19-11(3)15(22-17)9-20-13-7-5-4-6-12(13)8-14(20)16(18)21/h4-7,10,14H,8-9H2,1-3H3,(H2,18,21)/t14-/m0/s1. The Morgan fingerprint density at radius 3 is 2.82 bits per heavy atom. The smallest absolute Gasteiger partial charge is 0.240 e. The first-order chi connectivity index (χ1) is 10.5. The lowest BCUT2D eigenvalue weighted by atomic mass is 10.1. The highest BCUT2D eigenvalue weighted by molar-refractivity contribution is 5.86. The third-order valence-corrected chi connectivity index (χ3v) is 4.14. The number of para-hydroxylation sites is 1. The van der Waals surface area contributed by atoms with Crippen molar-refractivity contribution >= 4 is 11.6 Å². The van der Waals surface area contributed by atoms with Crippen LogP contribution in [0, 0.1) is 6.92 Å². The first-order valence-corrected chi connectivity index (χ1v) is 7.57. The van der Waals surface area contributed by atoms with Crippen molar-refractivity contribution in [2.45, 2.75) is 45.7 Å². The van der Waals surface area contributed by atoms with Gasteiger partial charge in [0.25, 0.3) is 0 Å². The molecule has 3 rings (SSSR count). The van der Waals surface area contributed by atoms with E-state index in [-0.39, 0.29) is 17.9 Å². The third-order valence-electron chi connectivity index (χ3n) is 4.14. The summed E-state index contributed by atoms with van der Waals surface area (Å²) < 4.78 is 5.88. The number of anilines is 1. The highest BCUT2D eigenvalue weighted by Crippen LogP contribution is 2.34. The minimum atomic E-state index is -0.329. The molecule has 5 heteroatoms. The molecule has 1 aliphatic heterocycles. The number of oxazole rings is 1. The van der Waals surface area contributed by atoms with Gasteiger partial charge >= 0.3 is 0 Å². The number of hydrogen-bond acceptors (Lipinski definition) is 4. The molecule has 0 unspecified atom stereocenters. The molecular formula is C17H21N3O2. The van der Waals surface area contributed by atoms with E-state index in [1.807, 2.05) is 49.9 Å². The molecule has 2 N–H and O–H groups in total. The number of fused-ring (bicyclic) bond motifs is 1. The number of amides is 1. The van der Waals surface area contributed by atoms with Gasteiger partial charge in [-0.25, -0.2) is 4.98 Å². The number of benzene rings is 1. The second kappa shape index (κ2) is 5.48. The van der Waals surface area contributed by atoms with Gasteiger partial charge in [-0.15, -0.1) is 0 Å². The van der Waals surface area contributed by atoms with Gasteiger partial charge in [0.1, 0.15) is 11.8 Å². The maximum absolute atomic E-state index is 11.8. The van der Waals surface area contributed by atoms with Crippen molar-refractivity contribution in [3.05, 3.63) is 47.2 Å². The van der Waals surface area contributed by atoms with E-state index in [2.05, 4.69) is 4.98 Å². The van der Waals surface area contributed by atoms with E-state index < -0.39 is 0 Å². The molecular weight excluding hydrogens is 278 g/mol. The monoisotopic (exact) mass is 299 g/mol. The summed E-state index contributed by atoms with van der Waals surface area (Å²) in [6.07, 6.45) is 0.649. The fraction of sp³-hybridized carbons (Fsp3) is 0.412. The number of nitrogens with zero attached hydrogens (tertiary/aromatic N) is 2. The summed E-state index contributed by atoms with van der Waals surface area (Å²) >= 11 is 0. The predicted octanol–water partition coefficient (Wildman–Crippen LogP) is 2.52. The number of rotatable bonds is 4. The number of aryl methyl sites for hydroxylation is 1. The zero-order chi connectivity index (χ0) is 15.9. The van der Waals surface area contributed by atoms with E-state index in [0.717, 1.165) is 28.6 Å². The van der Waals surface area contributed by atoms with Crippen LogP contribution in [0.1, 0.15) is 42.7 Å². The van der Waals surface area contributed by atoms with Crippen LogP contribution in [0.25, 0.3) is 0 Å². The Morgan fingerprint density at radius 1 is 1.45 bits per heavy atom. The van der Waals surface area contributed by atoms with Crippen LogP contribution in [-0.4, -0.2) is 16.9 Å². The van der Waals surface area contributed by atoms with Gasteiger partial charge in [0, 0.05) is 18.0 Å². The number of carbonyl (C=O) groups is 1.